The first-order chi connectivity index (χ1) is 69.4. The number of hydrogen-bond acceptors (Lipinski definition) is 4. The highest BCUT2D eigenvalue weighted by Gasteiger charge is 2.25. The van der Waals surface area contributed by atoms with Crippen LogP contribution in [0.4, 0.5) is 0 Å². The van der Waals surface area contributed by atoms with Gasteiger partial charge >= 0.3 is 0 Å². The Bertz CT molecular complexity index is 9240. The van der Waals surface area contributed by atoms with E-state index >= 15 is 0 Å². The largest absolute Gasteiger partial charge is 0.456 e. The van der Waals surface area contributed by atoms with Gasteiger partial charge in [0.05, 0.1) is 78.6 Å². The fourth-order valence-corrected chi connectivity index (χ4v) is 22.7. The van der Waals surface area contributed by atoms with Crippen molar-refractivity contribution in [1.29, 1.82) is 0 Å². The summed E-state index contributed by atoms with van der Waals surface area (Å²) in [6.45, 7) is 0. The SMILES string of the molecule is c1cc(-c2cccc(-c3ccc4oc5ccc(-n6c7ccccc7c7ccccc76)cc5c4c3)c2)cc(-c2cc(-n3c4ccccc4c4ccccc43)cc(-n3c4ccccc4c4ccccc43)c2)c1.c1cc(-c2cccc(-c3ccc4oc5ccc(-n6c7ccccc7c7ccccc76)cc5c4c3)c2)cc(-c2cc(-n3c4ccccc4c4ccncc43)cc(-n3c4ccccc4c4ccncc43)c2)c1. The number of nitrogens with zero attached hydrogens (tertiary/aromatic N) is 8. The van der Waals surface area contributed by atoms with Gasteiger partial charge in [0, 0.05) is 133 Å². The average Bonchev–Trinajstić information content (AvgIpc) is 1.57. The lowest BCUT2D eigenvalue weighted by molar-refractivity contribution is 0.668. The molecule has 0 fully saturated rings. The summed E-state index contributed by atoms with van der Waals surface area (Å²) in [7, 11) is 0. The Morgan fingerprint density at radius 1 is 0.129 bits per heavy atom. The second-order valence-electron chi connectivity index (χ2n) is 36.8. The van der Waals surface area contributed by atoms with Crippen molar-refractivity contribution in [1.82, 2.24) is 37.4 Å². The van der Waals surface area contributed by atoms with Crippen LogP contribution in [-0.4, -0.2) is 37.4 Å². The van der Waals surface area contributed by atoms with Gasteiger partial charge in [-0.1, -0.05) is 267 Å². The molecule has 0 unspecified atom stereocenters. The van der Waals surface area contributed by atoms with E-state index < -0.39 is 0 Å². The van der Waals surface area contributed by atoms with Crippen LogP contribution in [0.3, 0.4) is 0 Å². The van der Waals surface area contributed by atoms with E-state index in [1.165, 1.54) is 109 Å². The molecule has 30 aromatic rings. The van der Waals surface area contributed by atoms with E-state index in [2.05, 4.69) is 498 Å². The van der Waals surface area contributed by atoms with E-state index in [1.807, 2.05) is 24.8 Å². The number of hydrogen-bond donors (Lipinski definition) is 0. The molecule has 0 saturated heterocycles. The van der Waals surface area contributed by atoms with E-state index in [0.717, 1.165) is 167 Å². The zero-order valence-electron chi connectivity index (χ0n) is 75.6. The smallest absolute Gasteiger partial charge is 0.135 e. The first-order valence-corrected chi connectivity index (χ1v) is 47.7. The molecule has 0 N–H and O–H groups in total. The summed E-state index contributed by atoms with van der Waals surface area (Å²) in [5, 5.41) is 19.1. The lowest BCUT2D eigenvalue weighted by Crippen LogP contribution is -2.00. The molecule has 0 atom stereocenters. The molecule has 10 nitrogen and oxygen atoms in total. The van der Waals surface area contributed by atoms with Crippen molar-refractivity contribution in [2.75, 3.05) is 0 Å². The molecule has 0 aliphatic rings. The van der Waals surface area contributed by atoms with E-state index in [1.54, 1.807) is 0 Å². The van der Waals surface area contributed by atoms with Crippen molar-refractivity contribution < 1.29 is 8.83 Å². The van der Waals surface area contributed by atoms with Crippen LogP contribution in [0.25, 0.3) is 276 Å². The van der Waals surface area contributed by atoms with Crippen LogP contribution in [0.15, 0.2) is 495 Å². The van der Waals surface area contributed by atoms with Crippen molar-refractivity contribution in [2.45, 2.75) is 0 Å². The predicted molar refractivity (Wildman–Crippen MR) is 582 cm³/mol. The van der Waals surface area contributed by atoms with Crippen LogP contribution in [0.2, 0.25) is 0 Å². The zero-order chi connectivity index (χ0) is 91.7. The first kappa shape index (κ1) is 78.6. The monoisotopic (exact) mass is 1780 g/mol. The Labute approximate surface area is 802 Å². The maximum atomic E-state index is 6.47. The Morgan fingerprint density at radius 3 is 0.586 bits per heavy atom. The normalized spacial score (nSPS) is 12.0. The van der Waals surface area contributed by atoms with Gasteiger partial charge in [-0.05, 0) is 261 Å². The molecule has 0 aliphatic carbocycles. The van der Waals surface area contributed by atoms with Crippen molar-refractivity contribution in [3.63, 3.8) is 0 Å². The van der Waals surface area contributed by atoms with Gasteiger partial charge in [-0.15, -0.1) is 0 Å². The van der Waals surface area contributed by atoms with Crippen molar-refractivity contribution >= 4 is 175 Å². The number of para-hydroxylation sites is 10. The molecule has 0 spiro atoms. The molecule has 20 aromatic carbocycles. The van der Waals surface area contributed by atoms with Crippen LogP contribution in [-0.2, 0) is 0 Å². The van der Waals surface area contributed by atoms with E-state index in [0.29, 0.717) is 0 Å². The first-order valence-electron chi connectivity index (χ1n) is 47.7. The molecule has 0 aliphatic heterocycles. The summed E-state index contributed by atoms with van der Waals surface area (Å²) in [5.41, 5.74) is 37.6. The van der Waals surface area contributed by atoms with Gasteiger partial charge in [0.15, 0.2) is 0 Å². The molecule has 30 rings (SSSR count). The molecule has 0 saturated carbocycles. The van der Waals surface area contributed by atoms with Gasteiger partial charge < -0.3 is 36.2 Å². The molecule has 10 aromatic heterocycles. The summed E-state index contributed by atoms with van der Waals surface area (Å²) in [4.78, 5) is 9.24. The van der Waals surface area contributed by atoms with Gasteiger partial charge in [0.2, 0.25) is 0 Å². The standard InChI is InChI=1S/C66H41N3O.C64H39N5O/c1-7-25-59-51(19-1)52-20-2-8-26-60(52)67(59)48-32-34-66-58(41-48)57-39-46(31-33-65(57)70-66)44-17-13-15-42(35-44)43-16-14-18-45(36-43)47-37-49(68-61-27-9-3-21-53(61)54-22-4-10-28-62(54)68)40-50(38-47)69-63-29-11-5-23-55(63)56-24-6-12-30-64(56)69;1-5-19-57-49(15-1)50-16-2-6-20-58(50)67(57)46-24-26-64-56(37-46)55-35-44(23-25-63(55)70-64)42-13-9-11-40(31-42)41-12-10-14-43(32-41)45-33-47(68-59-21-7-3-17-51(59)53-27-29-65-38-61(53)68)36-48(34-45)69-60-22-8-4-18-52(60)54-28-30-66-39-62(54)69/h1-41H;1-39H. The molecular formula is C130H80N8O2. The van der Waals surface area contributed by atoms with Gasteiger partial charge in [-0.3, -0.25) is 9.97 Å². The van der Waals surface area contributed by atoms with Gasteiger partial charge in [-0.25, -0.2) is 0 Å². The van der Waals surface area contributed by atoms with Crippen LogP contribution in [0.5, 0.6) is 0 Å². The number of fused-ring (bicyclic) bond motifs is 24. The number of pyridine rings is 2. The number of rotatable bonds is 12. The molecule has 140 heavy (non-hydrogen) atoms. The minimum absolute atomic E-state index is 0.873. The second kappa shape index (κ2) is 31.4. The third-order valence-electron chi connectivity index (χ3n) is 29.0. The summed E-state index contributed by atoms with van der Waals surface area (Å²) < 4.78 is 27.3. The summed E-state index contributed by atoms with van der Waals surface area (Å²) >= 11 is 0. The van der Waals surface area contributed by atoms with Crippen LogP contribution < -0.4 is 0 Å². The maximum Gasteiger partial charge on any atom is 0.135 e. The fourth-order valence-electron chi connectivity index (χ4n) is 22.7. The highest BCUT2D eigenvalue weighted by Crippen LogP contribution is 2.47. The highest BCUT2D eigenvalue weighted by molar-refractivity contribution is 6.17. The van der Waals surface area contributed by atoms with Crippen LogP contribution in [0.1, 0.15) is 0 Å². The second-order valence-corrected chi connectivity index (χ2v) is 36.8. The Morgan fingerprint density at radius 2 is 0.329 bits per heavy atom. The Hall–Kier alpha value is -18.9. The lowest BCUT2D eigenvalue weighted by atomic mass is 9.95. The molecule has 652 valence electrons. The third-order valence-corrected chi connectivity index (χ3v) is 29.0. The zero-order valence-corrected chi connectivity index (χ0v) is 75.6. The van der Waals surface area contributed by atoms with Crippen molar-refractivity contribution in [3.8, 4) is 101 Å². The van der Waals surface area contributed by atoms with Gasteiger partial charge in [-0.2, -0.15) is 0 Å². The van der Waals surface area contributed by atoms with Crippen LogP contribution >= 0.6 is 0 Å². The molecule has 0 radical (unpaired) electrons. The molecule has 10 heteroatoms. The average molecular weight is 1790 g/mol. The summed E-state index contributed by atoms with van der Waals surface area (Å²) in [6.07, 6.45) is 7.73. The van der Waals surface area contributed by atoms with Gasteiger partial charge in [0.1, 0.15) is 22.3 Å². The van der Waals surface area contributed by atoms with Crippen molar-refractivity contribution in [2.24, 2.45) is 0 Å². The molecule has 10 heterocycles. The number of aromatic nitrogens is 8. The minimum atomic E-state index is 0.873. The van der Waals surface area contributed by atoms with Gasteiger partial charge in [0.25, 0.3) is 0 Å². The minimum Gasteiger partial charge on any atom is -0.456 e. The molecular weight excluding hydrogens is 1710 g/mol. The molecule has 0 bridgehead atoms. The Kier molecular flexibility index (Phi) is 17.6. The van der Waals surface area contributed by atoms with E-state index in [-0.39, 0.29) is 0 Å². The Balaban J connectivity index is 0.000000134. The highest BCUT2D eigenvalue weighted by atomic mass is 16.3. The topological polar surface area (TPSA) is 81.6 Å². The van der Waals surface area contributed by atoms with E-state index in [9.17, 15) is 0 Å². The summed E-state index contributed by atoms with van der Waals surface area (Å²) in [5.74, 6) is 0. The quantitative estimate of drug-likeness (QED) is 0.122. The summed E-state index contributed by atoms with van der Waals surface area (Å²) in [6, 6.07) is 167. The molecule has 0 amide bonds. The predicted octanol–water partition coefficient (Wildman–Crippen LogP) is 34.5. The fraction of sp³-hybridized carbons (Fsp3) is 0. The number of furan rings is 2. The van der Waals surface area contributed by atoms with E-state index in [4.69, 9.17) is 8.83 Å². The third kappa shape index (κ3) is 12.5. The van der Waals surface area contributed by atoms with Crippen molar-refractivity contribution in [3.05, 3.63) is 486 Å². The van der Waals surface area contributed by atoms with Crippen LogP contribution in [0, 0.1) is 0 Å². The lowest BCUT2D eigenvalue weighted by Gasteiger charge is -2.16. The number of benzene rings is 20. The maximum absolute atomic E-state index is 6.47.